The highest BCUT2D eigenvalue weighted by molar-refractivity contribution is 6.43. The Balaban J connectivity index is 1.70. The van der Waals surface area contributed by atoms with Gasteiger partial charge in [0.25, 0.3) is 0 Å². The van der Waals surface area contributed by atoms with E-state index in [2.05, 4.69) is 15.0 Å². The first kappa shape index (κ1) is 21.4. The van der Waals surface area contributed by atoms with Crippen molar-refractivity contribution in [1.29, 1.82) is 0 Å². The van der Waals surface area contributed by atoms with Crippen molar-refractivity contribution < 1.29 is 13.6 Å². The molecule has 7 nitrogen and oxygen atoms in total. The molecule has 0 amide bonds. The highest BCUT2D eigenvalue weighted by Crippen LogP contribution is 2.23. The Bertz CT molecular complexity index is 1060. The Hall–Kier alpha value is -3.88. The van der Waals surface area contributed by atoms with Gasteiger partial charge < -0.3 is 19.1 Å². The van der Waals surface area contributed by atoms with E-state index < -0.39 is 7.40 Å². The SMILES string of the molecule is CN(C)c1ccc(C2=Nc3cccc(n3)/N=C(/c3ccc(N(C)C)cc3)OB(F)O2)cc1. The fraction of sp³-hybridized carbons (Fsp3) is 0.174. The lowest BCUT2D eigenvalue weighted by atomic mass is 10.1. The van der Waals surface area contributed by atoms with Crippen molar-refractivity contribution in [2.75, 3.05) is 38.0 Å². The van der Waals surface area contributed by atoms with Crippen molar-refractivity contribution in [3.05, 3.63) is 77.9 Å². The molecule has 0 aliphatic carbocycles. The van der Waals surface area contributed by atoms with Gasteiger partial charge in [0, 0.05) is 50.7 Å². The number of hydrogen-bond donors (Lipinski definition) is 0. The molecule has 0 radical (unpaired) electrons. The molecular formula is C23H23BFN5O2. The molecule has 0 saturated carbocycles. The lowest BCUT2D eigenvalue weighted by Gasteiger charge is -2.17. The van der Waals surface area contributed by atoms with Crippen molar-refractivity contribution in [3.8, 4) is 0 Å². The van der Waals surface area contributed by atoms with Crippen LogP contribution in [0.1, 0.15) is 11.1 Å². The number of halogens is 1. The van der Waals surface area contributed by atoms with Gasteiger partial charge in [-0.3, -0.25) is 0 Å². The third-order valence-electron chi connectivity index (χ3n) is 4.82. The number of anilines is 2. The number of aliphatic imine (C=N–C) groups is 2. The summed E-state index contributed by atoms with van der Waals surface area (Å²) in [5, 5.41) is 0. The number of rotatable bonds is 4. The molecule has 0 atom stereocenters. The molecule has 4 rings (SSSR count). The number of benzene rings is 2. The Morgan fingerprint density at radius 2 is 1.06 bits per heavy atom. The first-order chi connectivity index (χ1) is 15.4. The van der Waals surface area contributed by atoms with Gasteiger partial charge in [-0.05, 0) is 60.7 Å². The first-order valence-corrected chi connectivity index (χ1v) is 10.1. The Labute approximate surface area is 187 Å². The Morgan fingerprint density at radius 1 is 0.656 bits per heavy atom. The molecule has 2 bridgehead atoms. The highest BCUT2D eigenvalue weighted by Gasteiger charge is 2.30. The largest absolute Gasteiger partial charge is 0.832 e. The van der Waals surface area contributed by atoms with Crippen LogP contribution in [-0.2, 0) is 9.31 Å². The average Bonchev–Trinajstić information content (AvgIpc) is 2.78. The summed E-state index contributed by atoms with van der Waals surface area (Å²) in [6.07, 6.45) is 0. The smallest absolute Gasteiger partial charge is 0.482 e. The predicted octanol–water partition coefficient (Wildman–Crippen LogP) is 4.37. The van der Waals surface area contributed by atoms with E-state index in [1.54, 1.807) is 18.2 Å². The normalized spacial score (nSPS) is 15.0. The molecule has 1 aliphatic rings. The molecular weight excluding hydrogens is 408 g/mol. The maximum atomic E-state index is 14.9. The molecule has 2 aromatic carbocycles. The standard InChI is InChI=1S/C23H23BFN5O2/c1-29(2)18-12-8-16(9-13-18)22-27-20-6-5-7-21(26-20)28-23(32-24(25)31-22)17-10-14-19(15-11-17)30(3)4/h5-15H,1-4H3/b27-22-,28-23?. The van der Waals surface area contributed by atoms with Gasteiger partial charge in [-0.1, -0.05) is 6.07 Å². The van der Waals surface area contributed by atoms with E-state index in [-0.39, 0.29) is 11.8 Å². The van der Waals surface area contributed by atoms with Crippen molar-refractivity contribution in [2.45, 2.75) is 0 Å². The highest BCUT2D eigenvalue weighted by atomic mass is 19.1. The van der Waals surface area contributed by atoms with E-state index in [1.807, 2.05) is 86.5 Å². The maximum Gasteiger partial charge on any atom is 0.832 e. The van der Waals surface area contributed by atoms with Gasteiger partial charge in [0.05, 0.1) is 0 Å². The Morgan fingerprint density at radius 3 is 1.44 bits per heavy atom. The molecule has 3 aromatic rings. The van der Waals surface area contributed by atoms with E-state index in [4.69, 9.17) is 9.31 Å². The van der Waals surface area contributed by atoms with E-state index in [9.17, 15) is 4.32 Å². The summed E-state index contributed by atoms with van der Waals surface area (Å²) in [6, 6.07) is 20.0. The molecule has 0 unspecified atom stereocenters. The van der Waals surface area contributed by atoms with Crippen molar-refractivity contribution in [3.63, 3.8) is 0 Å². The van der Waals surface area contributed by atoms with Crippen LogP contribution in [0.5, 0.6) is 0 Å². The minimum Gasteiger partial charge on any atom is -0.482 e. The zero-order valence-corrected chi connectivity index (χ0v) is 18.4. The lowest BCUT2D eigenvalue weighted by Crippen LogP contribution is -2.26. The molecule has 162 valence electrons. The second-order valence-electron chi connectivity index (χ2n) is 7.58. The van der Waals surface area contributed by atoms with Crippen LogP contribution in [0.4, 0.5) is 27.3 Å². The fourth-order valence-electron chi connectivity index (χ4n) is 3.07. The fourth-order valence-corrected chi connectivity index (χ4v) is 3.07. The van der Waals surface area contributed by atoms with Gasteiger partial charge in [0.1, 0.15) is 0 Å². The molecule has 0 fully saturated rings. The molecule has 9 heteroatoms. The van der Waals surface area contributed by atoms with Crippen LogP contribution in [-0.4, -0.2) is 52.4 Å². The Kier molecular flexibility index (Phi) is 6.07. The maximum absolute atomic E-state index is 14.9. The second-order valence-corrected chi connectivity index (χ2v) is 7.58. The van der Waals surface area contributed by atoms with Gasteiger partial charge in [0.2, 0.25) is 11.8 Å². The number of pyridine rings is 1. The molecule has 0 saturated heterocycles. The predicted molar refractivity (Wildman–Crippen MR) is 127 cm³/mol. The van der Waals surface area contributed by atoms with Crippen LogP contribution in [0.2, 0.25) is 0 Å². The summed E-state index contributed by atoms with van der Waals surface area (Å²) < 4.78 is 25.8. The molecule has 2 heterocycles. The van der Waals surface area contributed by atoms with Crippen molar-refractivity contribution >= 4 is 42.2 Å². The number of hydrogen-bond acceptors (Lipinski definition) is 7. The van der Waals surface area contributed by atoms with Crippen LogP contribution in [0.25, 0.3) is 0 Å². The van der Waals surface area contributed by atoms with E-state index in [0.717, 1.165) is 11.4 Å². The van der Waals surface area contributed by atoms with Crippen LogP contribution >= 0.6 is 0 Å². The van der Waals surface area contributed by atoms with Gasteiger partial charge in [-0.25, -0.2) is 9.30 Å². The van der Waals surface area contributed by atoms with Gasteiger partial charge in [0.15, 0.2) is 11.6 Å². The number of nitrogens with zero attached hydrogens (tertiary/aromatic N) is 5. The van der Waals surface area contributed by atoms with Crippen molar-refractivity contribution in [1.82, 2.24) is 4.98 Å². The summed E-state index contributed by atoms with van der Waals surface area (Å²) >= 11 is 0. The molecule has 32 heavy (non-hydrogen) atoms. The summed E-state index contributed by atoms with van der Waals surface area (Å²) in [7, 11) is 5.66. The van der Waals surface area contributed by atoms with E-state index >= 15 is 0 Å². The minimum atomic E-state index is -2.11. The van der Waals surface area contributed by atoms with Gasteiger partial charge in [-0.2, -0.15) is 9.98 Å². The van der Waals surface area contributed by atoms with Crippen LogP contribution < -0.4 is 9.80 Å². The van der Waals surface area contributed by atoms with Crippen LogP contribution in [0.3, 0.4) is 0 Å². The first-order valence-electron chi connectivity index (χ1n) is 10.1. The molecule has 0 N–H and O–H groups in total. The summed E-state index contributed by atoms with van der Waals surface area (Å²) in [4.78, 5) is 17.1. The van der Waals surface area contributed by atoms with Gasteiger partial charge >= 0.3 is 7.40 Å². The number of fused-ring (bicyclic) bond motifs is 2. The van der Waals surface area contributed by atoms with Gasteiger partial charge in [-0.15, -0.1) is 0 Å². The van der Waals surface area contributed by atoms with Crippen LogP contribution in [0, 0.1) is 0 Å². The molecule has 1 aliphatic heterocycles. The summed E-state index contributed by atoms with van der Waals surface area (Å²) in [5.41, 5.74) is 3.20. The average molecular weight is 431 g/mol. The van der Waals surface area contributed by atoms with E-state index in [0.29, 0.717) is 22.8 Å². The number of aromatic nitrogens is 1. The topological polar surface area (TPSA) is 62.6 Å². The zero-order chi connectivity index (χ0) is 22.7. The van der Waals surface area contributed by atoms with E-state index in [1.165, 1.54) is 0 Å². The molecule has 0 spiro atoms. The lowest BCUT2D eigenvalue weighted by molar-refractivity contribution is 0.348. The third-order valence-corrected chi connectivity index (χ3v) is 4.82. The minimum absolute atomic E-state index is 0.0664. The summed E-state index contributed by atoms with van der Waals surface area (Å²) in [5.74, 6) is 0.844. The summed E-state index contributed by atoms with van der Waals surface area (Å²) in [6.45, 7) is 0. The second kappa shape index (κ2) is 9.09. The van der Waals surface area contributed by atoms with Crippen molar-refractivity contribution in [2.24, 2.45) is 9.98 Å². The monoisotopic (exact) mass is 431 g/mol. The molecule has 1 aromatic heterocycles. The van der Waals surface area contributed by atoms with Crippen LogP contribution in [0.15, 0.2) is 76.7 Å². The third kappa shape index (κ3) is 4.88. The quantitative estimate of drug-likeness (QED) is 0.574. The zero-order valence-electron chi connectivity index (χ0n) is 18.4.